The minimum absolute atomic E-state index is 0.375. The number of ether oxygens (including phenoxy) is 1. The van der Waals surface area contributed by atoms with Crippen LogP contribution in [0.25, 0.3) is 0 Å². The Bertz CT molecular complexity index is 238. The largest absolute Gasteiger partial charge is 0.391 e. The van der Waals surface area contributed by atoms with Crippen LogP contribution in [-0.2, 0) is 14.3 Å². The quantitative estimate of drug-likeness (QED) is 0.328. The van der Waals surface area contributed by atoms with Gasteiger partial charge in [0.1, 0.15) is 14.0 Å². The number of rotatable bonds is 0. The third kappa shape index (κ3) is 1.09. The molecule has 0 aliphatic carbocycles. The first-order chi connectivity index (χ1) is 5.18. The number of thioether (sulfide) groups is 2. The first-order valence-corrected chi connectivity index (χ1v) is 4.98. The molecule has 3 nitrogen and oxygen atoms in total. The van der Waals surface area contributed by atoms with Crippen LogP contribution in [0, 0.1) is 0 Å². The van der Waals surface area contributed by atoms with E-state index in [0.29, 0.717) is 3.53 Å². The zero-order chi connectivity index (χ0) is 8.01. The highest BCUT2D eigenvalue weighted by Crippen LogP contribution is 2.43. The second-order valence-corrected chi connectivity index (χ2v) is 5.55. The van der Waals surface area contributed by atoms with Gasteiger partial charge < -0.3 is 4.74 Å². The Morgan fingerprint density at radius 3 is 2.09 bits per heavy atom. The van der Waals surface area contributed by atoms with Crippen molar-refractivity contribution in [3.63, 3.8) is 0 Å². The van der Waals surface area contributed by atoms with Crippen molar-refractivity contribution in [1.29, 1.82) is 0 Å². The van der Waals surface area contributed by atoms with Gasteiger partial charge in [0.05, 0.1) is 0 Å². The molecular formula is C5H2O3S3. The molecule has 0 radical (unpaired) electrons. The Labute approximate surface area is 76.2 Å². The highest BCUT2D eigenvalue weighted by atomic mass is 32.2. The van der Waals surface area contributed by atoms with Gasteiger partial charge in [-0.05, 0) is 0 Å². The zero-order valence-corrected chi connectivity index (χ0v) is 7.55. The maximum atomic E-state index is 10.9. The molecule has 11 heavy (non-hydrogen) atoms. The number of cyclic esters (lactones) is 2. The maximum Gasteiger partial charge on any atom is 0.328 e. The van der Waals surface area contributed by atoms with Gasteiger partial charge in [0.2, 0.25) is 0 Å². The van der Waals surface area contributed by atoms with Crippen molar-refractivity contribution in [2.75, 3.05) is 0 Å². The van der Waals surface area contributed by atoms with E-state index in [0.717, 1.165) is 0 Å². The topological polar surface area (TPSA) is 43.4 Å². The molecule has 2 unspecified atom stereocenters. The summed E-state index contributed by atoms with van der Waals surface area (Å²) < 4.78 is 5.05. The van der Waals surface area contributed by atoms with Crippen LogP contribution in [-0.4, -0.2) is 26.0 Å². The summed E-state index contributed by atoms with van der Waals surface area (Å²) in [5, 5.41) is -0.750. The van der Waals surface area contributed by atoms with E-state index in [4.69, 9.17) is 12.2 Å². The molecule has 0 aromatic carbocycles. The summed E-state index contributed by atoms with van der Waals surface area (Å²) in [5.74, 6) is -0.894. The second-order valence-electron chi connectivity index (χ2n) is 2.07. The minimum Gasteiger partial charge on any atom is -0.391 e. The summed E-state index contributed by atoms with van der Waals surface area (Å²) in [6.07, 6.45) is 0. The summed E-state index contributed by atoms with van der Waals surface area (Å²) in [7, 11) is 0. The Morgan fingerprint density at radius 1 is 1.18 bits per heavy atom. The van der Waals surface area contributed by atoms with Crippen LogP contribution in [0.3, 0.4) is 0 Å². The summed E-state index contributed by atoms with van der Waals surface area (Å²) in [4.78, 5) is 21.7. The van der Waals surface area contributed by atoms with Gasteiger partial charge in [0, 0.05) is 0 Å². The average Bonchev–Trinajstić information content (AvgIpc) is 2.38. The van der Waals surface area contributed by atoms with E-state index in [2.05, 4.69) is 4.74 Å². The van der Waals surface area contributed by atoms with Crippen molar-refractivity contribution in [2.45, 2.75) is 10.5 Å². The molecule has 0 amide bonds. The molecule has 0 aromatic heterocycles. The lowest BCUT2D eigenvalue weighted by Crippen LogP contribution is -2.17. The first kappa shape index (κ1) is 7.57. The fourth-order valence-electron chi connectivity index (χ4n) is 0.917. The lowest BCUT2D eigenvalue weighted by Gasteiger charge is -1.92. The van der Waals surface area contributed by atoms with Gasteiger partial charge in [-0.3, -0.25) is 9.59 Å². The molecule has 0 saturated carbocycles. The van der Waals surface area contributed by atoms with Crippen LogP contribution in [0.4, 0.5) is 0 Å². The van der Waals surface area contributed by atoms with E-state index in [1.54, 1.807) is 0 Å². The highest BCUT2D eigenvalue weighted by molar-refractivity contribution is 8.50. The number of esters is 2. The van der Waals surface area contributed by atoms with Crippen LogP contribution in [0.15, 0.2) is 0 Å². The molecule has 0 bridgehead atoms. The summed E-state index contributed by atoms with van der Waals surface area (Å²) in [6.45, 7) is 0. The predicted molar refractivity (Wildman–Crippen MR) is 46.5 cm³/mol. The molecule has 2 heterocycles. The second kappa shape index (κ2) is 2.46. The molecule has 0 spiro atoms. The van der Waals surface area contributed by atoms with Crippen molar-refractivity contribution in [3.8, 4) is 0 Å². The van der Waals surface area contributed by atoms with Gasteiger partial charge in [-0.25, -0.2) is 0 Å². The van der Waals surface area contributed by atoms with Crippen LogP contribution < -0.4 is 0 Å². The molecule has 2 rings (SSSR count). The smallest absolute Gasteiger partial charge is 0.328 e. The number of hydrogen-bond donors (Lipinski definition) is 0. The zero-order valence-electron chi connectivity index (χ0n) is 5.10. The monoisotopic (exact) mass is 206 g/mol. The molecule has 6 heteroatoms. The predicted octanol–water partition coefficient (Wildman–Crippen LogP) is 0.572. The number of thiocarbonyl (C=S) groups is 1. The Balaban J connectivity index is 2.29. The number of hydrogen-bond acceptors (Lipinski definition) is 6. The molecule has 2 atom stereocenters. The third-order valence-electron chi connectivity index (χ3n) is 1.39. The molecule has 2 aliphatic heterocycles. The van der Waals surface area contributed by atoms with Gasteiger partial charge in [0.25, 0.3) is 0 Å². The SMILES string of the molecule is O=C1OC(=O)C2SC(=S)SC12. The van der Waals surface area contributed by atoms with Crippen molar-refractivity contribution < 1.29 is 14.3 Å². The normalized spacial score (nSPS) is 35.8. The van der Waals surface area contributed by atoms with E-state index >= 15 is 0 Å². The molecule has 58 valence electrons. The fourth-order valence-corrected chi connectivity index (χ4v) is 3.89. The van der Waals surface area contributed by atoms with Gasteiger partial charge in [-0.15, -0.1) is 0 Å². The van der Waals surface area contributed by atoms with E-state index in [1.807, 2.05) is 0 Å². The Morgan fingerprint density at radius 2 is 1.64 bits per heavy atom. The third-order valence-corrected chi connectivity index (χ3v) is 4.54. The lowest BCUT2D eigenvalue weighted by molar-refractivity contribution is -0.151. The van der Waals surface area contributed by atoms with E-state index in [1.165, 1.54) is 23.5 Å². The van der Waals surface area contributed by atoms with Gasteiger partial charge in [-0.1, -0.05) is 35.7 Å². The molecule has 2 aliphatic rings. The van der Waals surface area contributed by atoms with Gasteiger partial charge in [-0.2, -0.15) is 0 Å². The molecular weight excluding hydrogens is 204 g/mol. The average molecular weight is 206 g/mol. The molecule has 0 aromatic rings. The Hall–Kier alpha value is -0.0700. The van der Waals surface area contributed by atoms with E-state index in [9.17, 15) is 9.59 Å². The summed E-state index contributed by atoms with van der Waals surface area (Å²) in [5.41, 5.74) is 0. The van der Waals surface area contributed by atoms with Crippen LogP contribution in [0.5, 0.6) is 0 Å². The highest BCUT2D eigenvalue weighted by Gasteiger charge is 2.50. The first-order valence-electron chi connectivity index (χ1n) is 2.81. The van der Waals surface area contributed by atoms with E-state index in [-0.39, 0.29) is 10.5 Å². The van der Waals surface area contributed by atoms with Crippen molar-refractivity contribution in [2.24, 2.45) is 0 Å². The van der Waals surface area contributed by atoms with Crippen molar-refractivity contribution >= 4 is 51.2 Å². The van der Waals surface area contributed by atoms with Gasteiger partial charge >= 0.3 is 11.9 Å². The minimum atomic E-state index is -0.447. The van der Waals surface area contributed by atoms with E-state index < -0.39 is 11.9 Å². The van der Waals surface area contributed by atoms with Gasteiger partial charge in [0.15, 0.2) is 0 Å². The maximum absolute atomic E-state index is 10.9. The standard InChI is InChI=1S/C5H2O3S3/c6-3-1-2(4(7)8-3)11-5(9)10-1/h1-2H. The number of carbonyl (C=O) groups is 2. The molecule has 2 fully saturated rings. The van der Waals surface area contributed by atoms with Crippen LogP contribution >= 0.6 is 35.7 Å². The fraction of sp³-hybridized carbons (Fsp3) is 0.400. The summed E-state index contributed by atoms with van der Waals surface area (Å²) >= 11 is 7.34. The molecule has 2 saturated heterocycles. The van der Waals surface area contributed by atoms with Crippen LogP contribution in [0.2, 0.25) is 0 Å². The molecule has 0 N–H and O–H groups in total. The number of fused-ring (bicyclic) bond motifs is 1. The number of carbonyl (C=O) groups excluding carboxylic acids is 2. The lowest BCUT2D eigenvalue weighted by atomic mass is 10.3. The van der Waals surface area contributed by atoms with Crippen LogP contribution in [0.1, 0.15) is 0 Å². The summed E-state index contributed by atoms with van der Waals surface area (Å²) in [6, 6.07) is 0. The Kier molecular flexibility index (Phi) is 1.70. The van der Waals surface area contributed by atoms with Crippen molar-refractivity contribution in [1.82, 2.24) is 0 Å². The van der Waals surface area contributed by atoms with Crippen molar-refractivity contribution in [3.05, 3.63) is 0 Å².